The van der Waals surface area contributed by atoms with Gasteiger partial charge in [-0.3, -0.25) is 14.5 Å². The number of aromatic nitrogens is 2. The van der Waals surface area contributed by atoms with Gasteiger partial charge in [0.1, 0.15) is 0 Å². The van der Waals surface area contributed by atoms with Crippen molar-refractivity contribution in [2.45, 2.75) is 39.8 Å². The van der Waals surface area contributed by atoms with Crippen molar-refractivity contribution in [3.63, 3.8) is 0 Å². The lowest BCUT2D eigenvalue weighted by Gasteiger charge is -2.19. The van der Waals surface area contributed by atoms with E-state index in [-0.39, 0.29) is 30.9 Å². The van der Waals surface area contributed by atoms with E-state index in [2.05, 4.69) is 20.8 Å². The van der Waals surface area contributed by atoms with Crippen LogP contribution in [-0.2, 0) is 16.1 Å². The van der Waals surface area contributed by atoms with Gasteiger partial charge >= 0.3 is 0 Å². The molecule has 0 saturated carbocycles. The van der Waals surface area contributed by atoms with Gasteiger partial charge in [0.2, 0.25) is 17.7 Å². The third-order valence-corrected chi connectivity index (χ3v) is 4.22. The van der Waals surface area contributed by atoms with E-state index in [4.69, 9.17) is 4.42 Å². The molecule has 2 rings (SSSR count). The molecule has 0 aliphatic carbocycles. The molecule has 2 N–H and O–H groups in total. The fourth-order valence-corrected chi connectivity index (χ4v) is 2.99. The summed E-state index contributed by atoms with van der Waals surface area (Å²) in [5.74, 6) is 0.539. The Labute approximate surface area is 157 Å². The Bertz CT molecular complexity index is 699. The predicted molar refractivity (Wildman–Crippen MR) is 99.5 cm³/mol. The number of hydrogen-bond acceptors (Lipinski definition) is 7. The van der Waals surface area contributed by atoms with E-state index in [0.717, 1.165) is 11.3 Å². The molecule has 8 nitrogen and oxygen atoms in total. The molecule has 9 heteroatoms. The second kappa shape index (κ2) is 10.0. The van der Waals surface area contributed by atoms with Gasteiger partial charge in [0.25, 0.3) is 5.89 Å². The Hall–Kier alpha value is -2.26. The first kappa shape index (κ1) is 20.1. The normalized spacial score (nSPS) is 11.1. The maximum atomic E-state index is 12.1. The van der Waals surface area contributed by atoms with Crippen LogP contribution in [0.15, 0.2) is 21.9 Å². The van der Waals surface area contributed by atoms with Crippen LogP contribution in [0.3, 0.4) is 0 Å². The molecule has 0 radical (unpaired) electrons. The van der Waals surface area contributed by atoms with Crippen molar-refractivity contribution in [2.75, 3.05) is 19.6 Å². The van der Waals surface area contributed by atoms with Crippen LogP contribution in [0, 0.1) is 0 Å². The van der Waals surface area contributed by atoms with Crippen LogP contribution in [0.1, 0.15) is 33.1 Å². The van der Waals surface area contributed by atoms with Crippen LogP contribution in [-0.4, -0.2) is 52.6 Å². The lowest BCUT2D eigenvalue weighted by molar-refractivity contribution is -0.127. The highest BCUT2D eigenvalue weighted by Crippen LogP contribution is 2.23. The maximum Gasteiger partial charge on any atom is 0.257 e. The van der Waals surface area contributed by atoms with E-state index in [1.54, 1.807) is 0 Å². The summed E-state index contributed by atoms with van der Waals surface area (Å²) in [4.78, 5) is 26.5. The second-order valence-corrected chi connectivity index (χ2v) is 7.14. The summed E-state index contributed by atoms with van der Waals surface area (Å²) < 4.78 is 5.68. The van der Waals surface area contributed by atoms with E-state index < -0.39 is 0 Å². The zero-order valence-electron chi connectivity index (χ0n) is 15.3. The lowest BCUT2D eigenvalue weighted by atomic mass is 10.3. The zero-order chi connectivity index (χ0) is 18.9. The standard InChI is InChI=1S/C17H25N5O3S/c1-4-7-22(10-15(24)18-9-14(23)19-12(2)3)11-16-20-21-17(25-16)13-6-5-8-26-13/h5-6,8,12H,4,7,9-11H2,1-3H3,(H,18,24)(H,19,23). The quantitative estimate of drug-likeness (QED) is 0.651. The molecule has 0 saturated heterocycles. The molecular formula is C17H25N5O3S. The monoisotopic (exact) mass is 379 g/mol. The number of nitrogens with zero attached hydrogens (tertiary/aromatic N) is 3. The average molecular weight is 379 g/mol. The Kier molecular flexibility index (Phi) is 7.73. The van der Waals surface area contributed by atoms with Crippen LogP contribution in [0.5, 0.6) is 0 Å². The minimum absolute atomic E-state index is 0.0277. The van der Waals surface area contributed by atoms with E-state index in [0.29, 0.717) is 24.9 Å². The molecule has 0 unspecified atom stereocenters. The molecule has 2 aromatic rings. The molecular weight excluding hydrogens is 354 g/mol. The molecule has 2 amide bonds. The molecule has 0 aliphatic heterocycles. The van der Waals surface area contributed by atoms with Gasteiger partial charge in [-0.15, -0.1) is 21.5 Å². The van der Waals surface area contributed by atoms with Gasteiger partial charge in [-0.05, 0) is 38.3 Å². The summed E-state index contributed by atoms with van der Waals surface area (Å²) in [6.45, 7) is 7.01. The zero-order valence-corrected chi connectivity index (χ0v) is 16.1. The molecule has 0 aromatic carbocycles. The van der Waals surface area contributed by atoms with Crippen molar-refractivity contribution in [3.8, 4) is 10.8 Å². The molecule has 0 fully saturated rings. The summed E-state index contributed by atoms with van der Waals surface area (Å²) in [6, 6.07) is 3.89. The number of hydrogen-bond donors (Lipinski definition) is 2. The van der Waals surface area contributed by atoms with Gasteiger partial charge in [-0.2, -0.15) is 0 Å². The van der Waals surface area contributed by atoms with Crippen LogP contribution >= 0.6 is 11.3 Å². The van der Waals surface area contributed by atoms with Crippen molar-refractivity contribution in [1.82, 2.24) is 25.7 Å². The highest BCUT2D eigenvalue weighted by molar-refractivity contribution is 7.13. The van der Waals surface area contributed by atoms with Crippen LogP contribution in [0.2, 0.25) is 0 Å². The number of amides is 2. The minimum Gasteiger partial charge on any atom is -0.419 e. The summed E-state index contributed by atoms with van der Waals surface area (Å²) >= 11 is 1.53. The second-order valence-electron chi connectivity index (χ2n) is 6.19. The van der Waals surface area contributed by atoms with E-state index in [9.17, 15) is 9.59 Å². The molecule has 0 spiro atoms. The van der Waals surface area contributed by atoms with Gasteiger partial charge in [0.05, 0.1) is 24.5 Å². The largest absolute Gasteiger partial charge is 0.419 e. The Balaban J connectivity index is 1.86. The minimum atomic E-state index is -0.213. The van der Waals surface area contributed by atoms with E-state index in [1.165, 1.54) is 11.3 Å². The third-order valence-electron chi connectivity index (χ3n) is 3.36. The molecule has 2 heterocycles. The van der Waals surface area contributed by atoms with Gasteiger partial charge < -0.3 is 15.1 Å². The van der Waals surface area contributed by atoms with Crippen LogP contribution < -0.4 is 10.6 Å². The van der Waals surface area contributed by atoms with Crippen molar-refractivity contribution >= 4 is 23.2 Å². The lowest BCUT2D eigenvalue weighted by Crippen LogP contribution is -2.43. The Morgan fingerprint density at radius 3 is 2.77 bits per heavy atom. The van der Waals surface area contributed by atoms with Crippen molar-refractivity contribution < 1.29 is 14.0 Å². The Morgan fingerprint density at radius 1 is 1.31 bits per heavy atom. The smallest absolute Gasteiger partial charge is 0.257 e. The summed E-state index contributed by atoms with van der Waals surface area (Å²) in [7, 11) is 0. The average Bonchev–Trinajstić information content (AvgIpc) is 3.23. The molecule has 142 valence electrons. The molecule has 2 aromatic heterocycles. The van der Waals surface area contributed by atoms with Crippen LogP contribution in [0.4, 0.5) is 0 Å². The number of rotatable bonds is 10. The van der Waals surface area contributed by atoms with Crippen molar-refractivity contribution in [1.29, 1.82) is 0 Å². The SMILES string of the molecule is CCCN(CC(=O)NCC(=O)NC(C)C)Cc1nnc(-c2cccs2)o1. The van der Waals surface area contributed by atoms with Gasteiger partial charge in [0, 0.05) is 6.04 Å². The van der Waals surface area contributed by atoms with E-state index in [1.807, 2.05) is 43.2 Å². The first-order valence-electron chi connectivity index (χ1n) is 8.62. The predicted octanol–water partition coefficient (Wildman–Crippen LogP) is 1.65. The fraction of sp³-hybridized carbons (Fsp3) is 0.529. The first-order chi connectivity index (χ1) is 12.5. The van der Waals surface area contributed by atoms with E-state index >= 15 is 0 Å². The number of nitrogens with one attached hydrogen (secondary N) is 2. The summed E-state index contributed by atoms with van der Waals surface area (Å²) in [6.07, 6.45) is 0.882. The topological polar surface area (TPSA) is 100 Å². The number of carbonyl (C=O) groups is 2. The van der Waals surface area contributed by atoms with Gasteiger partial charge in [0.15, 0.2) is 0 Å². The highest BCUT2D eigenvalue weighted by atomic mass is 32.1. The third kappa shape index (κ3) is 6.57. The summed E-state index contributed by atoms with van der Waals surface area (Å²) in [5, 5.41) is 15.4. The molecule has 26 heavy (non-hydrogen) atoms. The maximum absolute atomic E-state index is 12.1. The van der Waals surface area contributed by atoms with Crippen molar-refractivity contribution in [3.05, 3.63) is 23.4 Å². The van der Waals surface area contributed by atoms with Crippen molar-refractivity contribution in [2.24, 2.45) is 0 Å². The Morgan fingerprint density at radius 2 is 2.12 bits per heavy atom. The number of thiophene rings is 1. The van der Waals surface area contributed by atoms with Gasteiger partial charge in [-0.25, -0.2) is 0 Å². The van der Waals surface area contributed by atoms with Crippen LogP contribution in [0.25, 0.3) is 10.8 Å². The molecule has 0 aliphatic rings. The first-order valence-corrected chi connectivity index (χ1v) is 9.50. The summed E-state index contributed by atoms with van der Waals surface area (Å²) in [5.41, 5.74) is 0. The highest BCUT2D eigenvalue weighted by Gasteiger charge is 2.16. The number of carbonyl (C=O) groups excluding carboxylic acids is 2. The molecule has 0 atom stereocenters. The fourth-order valence-electron chi connectivity index (χ4n) is 2.35. The van der Waals surface area contributed by atoms with Gasteiger partial charge in [-0.1, -0.05) is 13.0 Å². The molecule has 0 bridgehead atoms.